The lowest BCUT2D eigenvalue weighted by molar-refractivity contribution is -0.144. The summed E-state index contributed by atoms with van der Waals surface area (Å²) in [6, 6.07) is -0.571. The average molecular weight is 1020 g/mol. The van der Waals surface area contributed by atoms with Gasteiger partial charge in [-0.25, -0.2) is 0 Å². The number of nitrogens with two attached hydrogens (primary N) is 1. The van der Waals surface area contributed by atoms with Gasteiger partial charge in [-0.05, 0) is 120 Å². The highest BCUT2D eigenvalue weighted by molar-refractivity contribution is 6.01. The molecule has 1 aromatic rings. The van der Waals surface area contributed by atoms with Crippen LogP contribution < -0.4 is 48.3 Å². The van der Waals surface area contributed by atoms with Crippen molar-refractivity contribution in [1.29, 1.82) is 0 Å². The summed E-state index contributed by atoms with van der Waals surface area (Å²) in [6.07, 6.45) is 11.8. The van der Waals surface area contributed by atoms with Crippen LogP contribution >= 0.6 is 0 Å². The molecular weight excluding hydrogens is 931 g/mol. The van der Waals surface area contributed by atoms with E-state index in [9.17, 15) is 38.4 Å². The third kappa shape index (κ3) is 15.9. The van der Waals surface area contributed by atoms with E-state index in [1.807, 2.05) is 41.5 Å². The van der Waals surface area contributed by atoms with Gasteiger partial charge in [0.15, 0.2) is 0 Å². The molecule has 8 atom stereocenters. The molecule has 2 saturated carbocycles. The fraction of sp³-hybridized carbons (Fsp3) is 0.741. The average Bonchev–Trinajstić information content (AvgIpc) is 4.07. The Labute approximate surface area is 433 Å². The van der Waals surface area contributed by atoms with E-state index >= 15 is 0 Å². The molecule has 19 heteroatoms. The Morgan fingerprint density at radius 3 is 1.22 bits per heavy atom. The topological polar surface area (TPSA) is 265 Å². The second-order valence-corrected chi connectivity index (χ2v) is 23.3. The number of hydrogen-bond donors (Lipinski definition) is 9. The van der Waals surface area contributed by atoms with Gasteiger partial charge in [-0.3, -0.25) is 38.4 Å². The lowest BCUT2D eigenvalue weighted by Crippen LogP contribution is -2.60. The predicted molar refractivity (Wildman–Crippen MR) is 282 cm³/mol. The summed E-state index contributed by atoms with van der Waals surface area (Å²) in [5.74, 6) is -2.59. The molecule has 4 fully saturated rings. The van der Waals surface area contributed by atoms with Crippen LogP contribution in [-0.2, 0) is 28.8 Å². The normalized spacial score (nSPS) is 21.5. The zero-order chi connectivity index (χ0) is 53.8. The first-order valence-electron chi connectivity index (χ1n) is 27.1. The van der Waals surface area contributed by atoms with E-state index in [1.54, 1.807) is 37.7 Å². The van der Waals surface area contributed by atoms with E-state index < -0.39 is 71.0 Å². The van der Waals surface area contributed by atoms with Gasteiger partial charge in [0.25, 0.3) is 11.8 Å². The number of nitrogen functional groups attached to an aromatic ring is 1. The number of nitrogens with zero attached hydrogens (tertiary/aromatic N) is 2. The fourth-order valence-corrected chi connectivity index (χ4v) is 10.9. The van der Waals surface area contributed by atoms with Crippen LogP contribution in [0.5, 0.6) is 0 Å². The van der Waals surface area contributed by atoms with Crippen molar-refractivity contribution in [2.75, 3.05) is 46.0 Å². The standard InChI is InChI=1S/C54H89N11O8/c1-32(56-9)45(66)62-43(53(3,4)5)51(72)64-25-17-23-41(64)49(70)60-39(34-19-13-11-14-20-34)30-58-47(68)36-27-37(29-38(55)28-36)48(69)59-31-40(35-21-15-12-16-22-35)61-50(71)42-24-18-26-65(42)52(73)44(54(6,7)8)63-46(67)33(2)57-10/h27-29,32-35,39-44,56-57H,11-26,30-31,55H2,1-10H3,(H,58,68)(H,59,69)(H,60,70)(H,61,71)(H,62,66)(H,63,67)/t32-,33-,39+,40+,41-,42-,43+,44+/m0/s1. The van der Waals surface area contributed by atoms with Crippen LogP contribution in [0.2, 0.25) is 0 Å². The van der Waals surface area contributed by atoms with Gasteiger partial charge in [-0.15, -0.1) is 0 Å². The molecule has 408 valence electrons. The maximum atomic E-state index is 14.2. The molecule has 2 aliphatic carbocycles. The molecule has 73 heavy (non-hydrogen) atoms. The van der Waals surface area contributed by atoms with Gasteiger partial charge in [-0.1, -0.05) is 80.1 Å². The first kappa shape index (κ1) is 58.6. The van der Waals surface area contributed by atoms with E-state index in [4.69, 9.17) is 5.73 Å². The Morgan fingerprint density at radius 2 is 0.890 bits per heavy atom. The molecule has 8 amide bonds. The van der Waals surface area contributed by atoms with Crippen LogP contribution in [0.1, 0.15) is 166 Å². The molecule has 10 N–H and O–H groups in total. The number of likely N-dealkylation sites (tertiary alicyclic amines) is 2. The van der Waals surface area contributed by atoms with Crippen LogP contribution in [0.15, 0.2) is 18.2 Å². The number of carbonyl (C=O) groups excluding carboxylic acids is 8. The Bertz CT molecular complexity index is 1970. The molecule has 0 spiro atoms. The summed E-state index contributed by atoms with van der Waals surface area (Å²) < 4.78 is 0. The molecule has 0 radical (unpaired) electrons. The molecular formula is C54H89N11O8. The zero-order valence-corrected chi connectivity index (χ0v) is 45.5. The largest absolute Gasteiger partial charge is 0.399 e. The monoisotopic (exact) mass is 1020 g/mol. The molecule has 5 rings (SSSR count). The van der Waals surface area contributed by atoms with Crippen LogP contribution in [0, 0.1) is 22.7 Å². The second kappa shape index (κ2) is 26.3. The van der Waals surface area contributed by atoms with E-state index in [1.165, 1.54) is 18.2 Å². The minimum Gasteiger partial charge on any atom is -0.399 e. The number of hydrogen-bond acceptors (Lipinski definition) is 11. The molecule has 2 aliphatic heterocycles. The van der Waals surface area contributed by atoms with Gasteiger partial charge in [-0.2, -0.15) is 0 Å². The fourth-order valence-electron chi connectivity index (χ4n) is 10.9. The third-order valence-electron chi connectivity index (χ3n) is 15.7. The summed E-state index contributed by atoms with van der Waals surface area (Å²) >= 11 is 0. The highest BCUT2D eigenvalue weighted by Crippen LogP contribution is 2.31. The first-order chi connectivity index (χ1) is 34.4. The molecule has 0 aromatic heterocycles. The lowest BCUT2D eigenvalue weighted by Gasteiger charge is -2.37. The van der Waals surface area contributed by atoms with Gasteiger partial charge in [0.2, 0.25) is 35.4 Å². The van der Waals surface area contributed by atoms with Crippen LogP contribution in [0.25, 0.3) is 0 Å². The third-order valence-corrected chi connectivity index (χ3v) is 15.7. The zero-order valence-electron chi connectivity index (χ0n) is 45.5. The van der Waals surface area contributed by atoms with Crippen LogP contribution in [-0.4, -0.2) is 146 Å². The quantitative estimate of drug-likeness (QED) is 0.0858. The SMILES string of the molecule is CN[C@@H](C)C(=O)N[C@H](C(=O)N1CCC[C@H]1C(=O)N[C@H](CNC(=O)c1cc(N)cc(C(=O)NC[C@@H](NC(=O)[C@@H]2CCCN2C(=O)[C@@H](NC(=O)[C@H](C)NC)C(C)(C)C)C2CCCCC2)c1)C1CCCCC1)C(C)(C)C. The lowest BCUT2D eigenvalue weighted by atomic mass is 9.83. The van der Waals surface area contributed by atoms with Gasteiger partial charge in [0.1, 0.15) is 24.2 Å². The van der Waals surface area contributed by atoms with Crippen molar-refractivity contribution in [3.8, 4) is 0 Å². The van der Waals surface area contributed by atoms with Crippen molar-refractivity contribution in [2.45, 2.75) is 194 Å². The number of rotatable bonds is 20. The van der Waals surface area contributed by atoms with Gasteiger partial charge in [0, 0.05) is 55.1 Å². The Hall–Kier alpha value is -5.30. The Balaban J connectivity index is 1.25. The molecule has 0 bridgehead atoms. The van der Waals surface area contributed by atoms with E-state index in [0.717, 1.165) is 64.2 Å². The van der Waals surface area contributed by atoms with Crippen molar-refractivity contribution in [1.82, 2.24) is 52.3 Å². The second-order valence-electron chi connectivity index (χ2n) is 23.3. The predicted octanol–water partition coefficient (Wildman–Crippen LogP) is 3.12. The molecule has 19 nitrogen and oxygen atoms in total. The van der Waals surface area contributed by atoms with Crippen molar-refractivity contribution in [2.24, 2.45) is 22.7 Å². The van der Waals surface area contributed by atoms with Crippen molar-refractivity contribution >= 4 is 52.9 Å². The summed E-state index contributed by atoms with van der Waals surface area (Å²) in [5, 5.41) is 24.1. The van der Waals surface area contributed by atoms with Crippen LogP contribution in [0.4, 0.5) is 5.69 Å². The van der Waals surface area contributed by atoms with Crippen molar-refractivity contribution in [3.05, 3.63) is 29.3 Å². The highest BCUT2D eigenvalue weighted by Gasteiger charge is 2.45. The molecule has 2 heterocycles. The first-order valence-corrected chi connectivity index (χ1v) is 27.1. The summed E-state index contributed by atoms with van der Waals surface area (Å²) in [7, 11) is 3.35. The minimum atomic E-state index is -0.851. The molecule has 4 aliphatic rings. The van der Waals surface area contributed by atoms with Crippen molar-refractivity contribution < 1.29 is 38.4 Å². The Morgan fingerprint density at radius 1 is 0.534 bits per heavy atom. The summed E-state index contributed by atoms with van der Waals surface area (Å²) in [6.45, 7) is 15.7. The van der Waals surface area contributed by atoms with Crippen molar-refractivity contribution in [3.63, 3.8) is 0 Å². The van der Waals surface area contributed by atoms with E-state index in [0.29, 0.717) is 38.8 Å². The molecule has 2 saturated heterocycles. The van der Waals surface area contributed by atoms with Gasteiger partial charge >= 0.3 is 0 Å². The van der Waals surface area contributed by atoms with E-state index in [-0.39, 0.29) is 77.2 Å². The van der Waals surface area contributed by atoms with E-state index in [2.05, 4.69) is 42.5 Å². The minimum absolute atomic E-state index is 0.0885. The summed E-state index contributed by atoms with van der Waals surface area (Å²) in [5.41, 5.74) is 5.63. The summed E-state index contributed by atoms with van der Waals surface area (Å²) in [4.78, 5) is 114. The molecule has 0 unspecified atom stereocenters. The Kier molecular flexibility index (Phi) is 21.1. The maximum Gasteiger partial charge on any atom is 0.251 e. The number of carbonyl (C=O) groups is 8. The number of anilines is 1. The number of amides is 8. The number of benzene rings is 1. The smallest absolute Gasteiger partial charge is 0.251 e. The van der Waals surface area contributed by atoms with Gasteiger partial charge in [0.05, 0.1) is 12.1 Å². The van der Waals surface area contributed by atoms with Crippen LogP contribution in [0.3, 0.4) is 0 Å². The number of likely N-dealkylation sites (N-methyl/N-ethyl adjacent to an activating group) is 2. The molecule has 1 aromatic carbocycles. The number of nitrogens with one attached hydrogen (secondary N) is 8. The maximum absolute atomic E-state index is 14.2. The highest BCUT2D eigenvalue weighted by atomic mass is 16.2. The van der Waals surface area contributed by atoms with Gasteiger partial charge < -0.3 is 58.1 Å².